The molecule has 2 atom stereocenters. The number of hydrogen-bond acceptors (Lipinski definition) is 5. The summed E-state index contributed by atoms with van der Waals surface area (Å²) >= 11 is 0. The zero-order chi connectivity index (χ0) is 32.0. The van der Waals surface area contributed by atoms with E-state index in [4.69, 9.17) is 9.47 Å². The van der Waals surface area contributed by atoms with Crippen molar-refractivity contribution in [2.45, 2.75) is 98.3 Å². The van der Waals surface area contributed by atoms with Crippen LogP contribution in [0, 0.1) is 12.8 Å². The van der Waals surface area contributed by atoms with Crippen molar-refractivity contribution in [3.63, 3.8) is 0 Å². The Morgan fingerprint density at radius 3 is 1.79 bits per heavy atom. The molecule has 0 saturated carbocycles. The summed E-state index contributed by atoms with van der Waals surface area (Å²) in [5.41, 5.74) is 2.25. The van der Waals surface area contributed by atoms with Crippen LogP contribution in [0.25, 0.3) is 0 Å². The number of ether oxygens (including phenoxy) is 2. The number of benzene rings is 2. The number of nitrogens with one attached hydrogen (secondary N) is 3. The van der Waals surface area contributed by atoms with E-state index in [1.807, 2.05) is 71.0 Å². The Hall–Kier alpha value is -3.81. The summed E-state index contributed by atoms with van der Waals surface area (Å²) < 4.78 is 11.3. The highest BCUT2D eigenvalue weighted by molar-refractivity contribution is 5.86. The van der Waals surface area contributed by atoms with Gasteiger partial charge in [0.25, 0.3) is 0 Å². The Kier molecular flexibility index (Phi) is 13.8. The molecule has 0 fully saturated rings. The van der Waals surface area contributed by atoms with Gasteiger partial charge in [-0.25, -0.2) is 4.79 Å². The molecule has 3 N–H and O–H groups in total. The summed E-state index contributed by atoms with van der Waals surface area (Å²) in [5.74, 6) is 0.393. The van der Waals surface area contributed by atoms with Crippen LogP contribution in [-0.4, -0.2) is 48.2 Å². The smallest absolute Gasteiger partial charge is 0.408 e. The first-order valence-electron chi connectivity index (χ1n) is 15.1. The predicted octanol–water partition coefficient (Wildman–Crippen LogP) is 6.06. The third-order valence-corrected chi connectivity index (χ3v) is 6.29. The van der Waals surface area contributed by atoms with Crippen LogP contribution >= 0.6 is 0 Å². The molecule has 0 aliphatic heterocycles. The van der Waals surface area contributed by atoms with E-state index in [0.29, 0.717) is 38.8 Å². The molecule has 3 amide bonds. The molecule has 2 aromatic carbocycles. The molecule has 0 heterocycles. The van der Waals surface area contributed by atoms with Crippen LogP contribution in [0.3, 0.4) is 0 Å². The Bertz CT molecular complexity index is 1190. The van der Waals surface area contributed by atoms with Crippen LogP contribution in [0.4, 0.5) is 4.79 Å². The molecule has 0 aliphatic carbocycles. The Balaban J connectivity index is 1.80. The van der Waals surface area contributed by atoms with Gasteiger partial charge in [0.1, 0.15) is 23.0 Å². The number of alkyl carbamates (subject to hydrolysis) is 1. The van der Waals surface area contributed by atoms with Crippen molar-refractivity contribution < 1.29 is 23.9 Å². The van der Waals surface area contributed by atoms with Gasteiger partial charge in [0.05, 0.1) is 0 Å². The summed E-state index contributed by atoms with van der Waals surface area (Å²) in [7, 11) is 0. The second-order valence-electron chi connectivity index (χ2n) is 13.0. The summed E-state index contributed by atoms with van der Waals surface area (Å²) in [6.45, 7) is 16.2. The molecule has 8 heteroatoms. The molecule has 2 rings (SSSR count). The van der Waals surface area contributed by atoms with Crippen molar-refractivity contribution in [1.82, 2.24) is 16.0 Å². The van der Waals surface area contributed by atoms with Gasteiger partial charge in [0.2, 0.25) is 11.8 Å². The number of carbonyl (C=O) groups excluding carboxylic acids is 3. The first-order chi connectivity index (χ1) is 20.1. The van der Waals surface area contributed by atoms with Crippen LogP contribution in [0.1, 0.15) is 78.0 Å². The number of hydrogen-bond donors (Lipinski definition) is 3. The lowest BCUT2D eigenvalue weighted by Gasteiger charge is -2.24. The molecular formula is C35H51N3O5. The molecular weight excluding hydrogens is 542 g/mol. The fraction of sp³-hybridized carbons (Fsp3) is 0.514. The van der Waals surface area contributed by atoms with E-state index in [9.17, 15) is 14.4 Å². The minimum absolute atomic E-state index is 0.0427. The molecule has 0 bridgehead atoms. The summed E-state index contributed by atoms with van der Waals surface area (Å²) in [6.07, 6.45) is 5.67. The normalized spacial score (nSPS) is 13.2. The summed E-state index contributed by atoms with van der Waals surface area (Å²) in [4.78, 5) is 37.9. The minimum atomic E-state index is -0.801. The zero-order valence-electron chi connectivity index (χ0n) is 27.2. The molecule has 0 spiro atoms. The fourth-order valence-electron chi connectivity index (χ4n) is 4.20. The van der Waals surface area contributed by atoms with Gasteiger partial charge >= 0.3 is 6.09 Å². The average molecular weight is 594 g/mol. The van der Waals surface area contributed by atoms with Gasteiger partial charge in [-0.3, -0.25) is 9.59 Å². The molecule has 0 unspecified atom stereocenters. The van der Waals surface area contributed by atoms with Crippen molar-refractivity contribution >= 4 is 17.9 Å². The van der Waals surface area contributed by atoms with Gasteiger partial charge in [0, 0.05) is 25.4 Å². The Morgan fingerprint density at radius 2 is 1.26 bits per heavy atom. The van der Waals surface area contributed by atoms with E-state index >= 15 is 0 Å². The molecule has 236 valence electrons. The third-order valence-electron chi connectivity index (χ3n) is 6.29. The summed E-state index contributed by atoms with van der Waals surface area (Å²) in [5, 5.41) is 8.62. The molecule has 0 aliphatic rings. The summed E-state index contributed by atoms with van der Waals surface area (Å²) in [6, 6.07) is 15.0. The second-order valence-corrected chi connectivity index (χ2v) is 13.0. The van der Waals surface area contributed by atoms with Crippen LogP contribution in [-0.2, 0) is 27.2 Å². The SMILES string of the molecule is Cc1ccc(C[C@H](C)C(=O)NCC/C=C\CCNC(=O)[C@H](Cc2ccc(OC(C)(C)C)cc2)NC(=O)OC(C)(C)C)cc1. The maximum atomic E-state index is 13.0. The van der Waals surface area contributed by atoms with Crippen LogP contribution in [0.2, 0.25) is 0 Å². The Morgan fingerprint density at radius 1 is 0.744 bits per heavy atom. The van der Waals surface area contributed by atoms with Gasteiger partial charge in [-0.05, 0) is 91.0 Å². The molecule has 0 radical (unpaired) electrons. The first-order valence-corrected chi connectivity index (χ1v) is 15.1. The molecule has 0 aromatic heterocycles. The highest BCUT2D eigenvalue weighted by Crippen LogP contribution is 2.19. The van der Waals surface area contributed by atoms with E-state index in [-0.39, 0.29) is 23.3 Å². The van der Waals surface area contributed by atoms with Crippen molar-refractivity contribution in [2.75, 3.05) is 13.1 Å². The highest BCUT2D eigenvalue weighted by atomic mass is 16.6. The van der Waals surface area contributed by atoms with E-state index in [1.165, 1.54) is 5.56 Å². The monoisotopic (exact) mass is 593 g/mol. The molecule has 0 saturated heterocycles. The highest BCUT2D eigenvalue weighted by Gasteiger charge is 2.24. The number of aryl methyl sites for hydroxylation is 1. The molecule has 43 heavy (non-hydrogen) atoms. The molecule has 8 nitrogen and oxygen atoms in total. The van der Waals surface area contributed by atoms with Crippen molar-refractivity contribution in [3.05, 3.63) is 77.4 Å². The lowest BCUT2D eigenvalue weighted by molar-refractivity contribution is -0.124. The average Bonchev–Trinajstić information content (AvgIpc) is 2.90. The first kappa shape index (κ1) is 35.4. The van der Waals surface area contributed by atoms with E-state index < -0.39 is 17.7 Å². The van der Waals surface area contributed by atoms with Crippen LogP contribution < -0.4 is 20.7 Å². The lowest BCUT2D eigenvalue weighted by Crippen LogP contribution is -2.49. The van der Waals surface area contributed by atoms with Gasteiger partial charge in [-0.2, -0.15) is 0 Å². The standard InChI is InChI=1S/C35H51N3O5/c1-25-13-15-27(16-14-25)23-26(2)31(39)36-21-11-9-10-12-22-37-32(40)30(38-33(41)43-35(6,7)8)24-28-17-19-29(20-18-28)42-34(3,4)5/h9-10,13-20,26,30H,11-12,21-24H2,1-8H3,(H,36,39)(H,37,40)(H,38,41)/b10-9-/t26-,30-/m0/s1. The number of carbonyl (C=O) groups is 3. The van der Waals surface area contributed by atoms with Gasteiger partial charge in [0.15, 0.2) is 0 Å². The second kappa shape index (κ2) is 16.7. The maximum Gasteiger partial charge on any atom is 0.408 e. The van der Waals surface area contributed by atoms with E-state index in [1.54, 1.807) is 20.8 Å². The van der Waals surface area contributed by atoms with Crippen molar-refractivity contribution in [1.29, 1.82) is 0 Å². The minimum Gasteiger partial charge on any atom is -0.488 e. The maximum absolute atomic E-state index is 13.0. The van der Waals surface area contributed by atoms with Crippen LogP contribution in [0.15, 0.2) is 60.7 Å². The van der Waals surface area contributed by atoms with Gasteiger partial charge in [-0.15, -0.1) is 0 Å². The number of rotatable bonds is 14. The van der Waals surface area contributed by atoms with Crippen molar-refractivity contribution in [2.24, 2.45) is 5.92 Å². The zero-order valence-corrected chi connectivity index (χ0v) is 27.2. The quantitative estimate of drug-likeness (QED) is 0.183. The van der Waals surface area contributed by atoms with E-state index in [2.05, 4.69) is 40.2 Å². The van der Waals surface area contributed by atoms with Crippen molar-refractivity contribution in [3.8, 4) is 5.75 Å². The predicted molar refractivity (Wildman–Crippen MR) is 172 cm³/mol. The number of amides is 3. The third kappa shape index (κ3) is 15.3. The van der Waals surface area contributed by atoms with Gasteiger partial charge < -0.3 is 25.4 Å². The van der Waals surface area contributed by atoms with Crippen LogP contribution in [0.5, 0.6) is 5.75 Å². The largest absolute Gasteiger partial charge is 0.488 e. The lowest BCUT2D eigenvalue weighted by atomic mass is 9.99. The topological polar surface area (TPSA) is 106 Å². The molecule has 2 aromatic rings. The Labute approximate surface area is 258 Å². The van der Waals surface area contributed by atoms with E-state index in [0.717, 1.165) is 16.9 Å². The fourth-order valence-corrected chi connectivity index (χ4v) is 4.20. The van der Waals surface area contributed by atoms with Gasteiger partial charge in [-0.1, -0.05) is 61.0 Å².